The average Bonchev–Trinajstić information content (AvgIpc) is 2.73. The molecule has 2 aromatic heterocycles. The number of halogens is 3. The Morgan fingerprint density at radius 2 is 2.05 bits per heavy atom. The second-order valence-corrected chi connectivity index (χ2v) is 5.55. The molecule has 2 rings (SSSR count). The molecule has 0 spiro atoms. The summed E-state index contributed by atoms with van der Waals surface area (Å²) in [6, 6.07) is 3.32. The van der Waals surface area contributed by atoms with E-state index in [9.17, 15) is 18.0 Å². The summed E-state index contributed by atoms with van der Waals surface area (Å²) < 4.78 is 38.8. The summed E-state index contributed by atoms with van der Waals surface area (Å²) in [7, 11) is 0. The average molecular weight is 288 g/mol. The molecular formula is C12H11F3N2OS. The zero-order valence-electron chi connectivity index (χ0n) is 10.2. The minimum absolute atomic E-state index is 0.118. The highest BCUT2D eigenvalue weighted by molar-refractivity contribution is 7.17. The summed E-state index contributed by atoms with van der Waals surface area (Å²) >= 11 is 1.38. The molecule has 0 bridgehead atoms. The molecule has 3 nitrogen and oxygen atoms in total. The van der Waals surface area contributed by atoms with Crippen molar-refractivity contribution in [2.75, 3.05) is 0 Å². The number of aromatic nitrogens is 1. The number of thiophene rings is 1. The topological polar surface area (TPSA) is 42.0 Å². The van der Waals surface area contributed by atoms with Crippen LogP contribution in [0.3, 0.4) is 0 Å². The Kier molecular flexibility index (Phi) is 3.25. The van der Waals surface area contributed by atoms with Crippen molar-refractivity contribution in [2.24, 2.45) is 0 Å². The maximum atomic E-state index is 12.7. The van der Waals surface area contributed by atoms with Gasteiger partial charge in [0.1, 0.15) is 5.54 Å². The number of fused-ring (bicyclic) bond motifs is 1. The number of pyridine rings is 1. The molecular weight excluding hydrogens is 277 g/mol. The van der Waals surface area contributed by atoms with Gasteiger partial charge in [-0.05, 0) is 31.4 Å². The maximum absolute atomic E-state index is 12.7. The summed E-state index contributed by atoms with van der Waals surface area (Å²) in [4.78, 5) is 15.8. The number of amides is 1. The molecule has 1 N–H and O–H groups in total. The predicted octanol–water partition coefficient (Wildman–Crippen LogP) is 3.37. The summed E-state index contributed by atoms with van der Waals surface area (Å²) in [5.41, 5.74) is -1.45. The van der Waals surface area contributed by atoms with Crippen LogP contribution in [-0.4, -0.2) is 22.6 Å². The third-order valence-corrected chi connectivity index (χ3v) is 3.55. The van der Waals surface area contributed by atoms with Crippen molar-refractivity contribution >= 4 is 27.5 Å². The number of alkyl halides is 3. The lowest BCUT2D eigenvalue weighted by molar-refractivity contribution is -0.182. The van der Waals surface area contributed by atoms with Crippen LogP contribution >= 0.6 is 11.3 Å². The maximum Gasteiger partial charge on any atom is 0.410 e. The first kappa shape index (κ1) is 13.8. The fourth-order valence-corrected chi connectivity index (χ4v) is 2.18. The van der Waals surface area contributed by atoms with Crippen molar-refractivity contribution in [1.82, 2.24) is 10.3 Å². The molecule has 2 aromatic rings. The van der Waals surface area contributed by atoms with Gasteiger partial charge < -0.3 is 5.32 Å². The van der Waals surface area contributed by atoms with E-state index in [0.29, 0.717) is 0 Å². The van der Waals surface area contributed by atoms with E-state index in [1.807, 2.05) is 5.32 Å². The van der Waals surface area contributed by atoms with Gasteiger partial charge in [0, 0.05) is 6.20 Å². The van der Waals surface area contributed by atoms with Gasteiger partial charge in [0.25, 0.3) is 5.91 Å². The molecule has 0 saturated heterocycles. The molecule has 7 heteroatoms. The van der Waals surface area contributed by atoms with E-state index in [-0.39, 0.29) is 5.56 Å². The van der Waals surface area contributed by atoms with E-state index in [1.54, 1.807) is 11.4 Å². The third-order valence-electron chi connectivity index (χ3n) is 2.70. The molecule has 1 amide bonds. The minimum atomic E-state index is -4.51. The van der Waals surface area contributed by atoms with Gasteiger partial charge in [-0.2, -0.15) is 13.2 Å². The van der Waals surface area contributed by atoms with E-state index < -0.39 is 17.6 Å². The van der Waals surface area contributed by atoms with Crippen molar-refractivity contribution in [1.29, 1.82) is 0 Å². The molecule has 0 aromatic carbocycles. The number of hydrogen-bond donors (Lipinski definition) is 1. The lowest BCUT2D eigenvalue weighted by atomic mass is 10.0. The highest BCUT2D eigenvalue weighted by atomic mass is 32.1. The molecule has 102 valence electrons. The molecule has 0 saturated carbocycles. The van der Waals surface area contributed by atoms with E-state index >= 15 is 0 Å². The van der Waals surface area contributed by atoms with E-state index in [1.165, 1.54) is 23.6 Å². The van der Waals surface area contributed by atoms with Gasteiger partial charge in [0.15, 0.2) is 0 Å². The number of nitrogens with one attached hydrogen (secondary N) is 1. The Labute approximate surface area is 111 Å². The van der Waals surface area contributed by atoms with Gasteiger partial charge in [-0.25, -0.2) is 0 Å². The Bertz CT molecular complexity index is 619. The van der Waals surface area contributed by atoms with Crippen LogP contribution in [0.1, 0.15) is 24.2 Å². The smallest absolute Gasteiger partial charge is 0.338 e. The van der Waals surface area contributed by atoms with Crippen LogP contribution in [0.4, 0.5) is 13.2 Å². The van der Waals surface area contributed by atoms with Crippen molar-refractivity contribution in [2.45, 2.75) is 25.6 Å². The molecule has 0 aliphatic rings. The fourth-order valence-electron chi connectivity index (χ4n) is 1.40. The lowest BCUT2D eigenvalue weighted by Crippen LogP contribution is -2.54. The summed E-state index contributed by atoms with van der Waals surface area (Å²) in [5.74, 6) is -0.787. The Morgan fingerprint density at radius 3 is 2.68 bits per heavy atom. The SMILES string of the molecule is CC(C)(NC(=O)c1cnc2ccsc2c1)C(F)(F)F. The largest absolute Gasteiger partial charge is 0.410 e. The molecule has 0 fully saturated rings. The normalized spacial score (nSPS) is 12.7. The first-order valence-electron chi connectivity index (χ1n) is 5.43. The summed E-state index contributed by atoms with van der Waals surface area (Å²) in [6.07, 6.45) is -3.24. The molecule has 2 heterocycles. The highest BCUT2D eigenvalue weighted by Gasteiger charge is 2.48. The Morgan fingerprint density at radius 1 is 1.37 bits per heavy atom. The van der Waals surface area contributed by atoms with Gasteiger partial charge in [-0.15, -0.1) is 11.3 Å². The zero-order valence-corrected chi connectivity index (χ0v) is 11.0. The van der Waals surface area contributed by atoms with E-state index in [2.05, 4.69) is 4.98 Å². The monoisotopic (exact) mass is 288 g/mol. The number of rotatable bonds is 2. The van der Waals surface area contributed by atoms with Crippen molar-refractivity contribution in [3.63, 3.8) is 0 Å². The third kappa shape index (κ3) is 2.70. The van der Waals surface area contributed by atoms with Gasteiger partial charge in [-0.1, -0.05) is 0 Å². The van der Waals surface area contributed by atoms with E-state index in [0.717, 1.165) is 24.1 Å². The molecule has 19 heavy (non-hydrogen) atoms. The van der Waals surface area contributed by atoms with Gasteiger partial charge >= 0.3 is 6.18 Å². The van der Waals surface area contributed by atoms with Crippen molar-refractivity contribution in [3.05, 3.63) is 29.3 Å². The van der Waals surface area contributed by atoms with Crippen LogP contribution in [0, 0.1) is 0 Å². The quantitative estimate of drug-likeness (QED) is 0.920. The Hall–Kier alpha value is -1.63. The zero-order chi connectivity index (χ0) is 14.3. The van der Waals surface area contributed by atoms with Gasteiger partial charge in [-0.3, -0.25) is 9.78 Å². The first-order chi connectivity index (χ1) is 8.71. The minimum Gasteiger partial charge on any atom is -0.338 e. The van der Waals surface area contributed by atoms with E-state index in [4.69, 9.17) is 0 Å². The van der Waals surface area contributed by atoms with Crippen LogP contribution in [0.15, 0.2) is 23.7 Å². The number of hydrogen-bond acceptors (Lipinski definition) is 3. The lowest BCUT2D eigenvalue weighted by Gasteiger charge is -2.28. The van der Waals surface area contributed by atoms with Crippen LogP contribution < -0.4 is 5.32 Å². The highest BCUT2D eigenvalue weighted by Crippen LogP contribution is 2.30. The molecule has 0 unspecified atom stereocenters. The fraction of sp³-hybridized carbons (Fsp3) is 0.333. The van der Waals surface area contributed by atoms with Gasteiger partial charge in [0.05, 0.1) is 15.8 Å². The number of carbonyl (C=O) groups excluding carboxylic acids is 1. The van der Waals surface area contributed by atoms with Crippen molar-refractivity contribution in [3.8, 4) is 0 Å². The summed E-state index contributed by atoms with van der Waals surface area (Å²) in [5, 5.41) is 3.77. The second kappa shape index (κ2) is 4.48. The molecule has 0 atom stereocenters. The first-order valence-corrected chi connectivity index (χ1v) is 6.31. The molecule has 0 radical (unpaired) electrons. The van der Waals surface area contributed by atoms with Crippen LogP contribution in [0.5, 0.6) is 0 Å². The van der Waals surface area contributed by atoms with Crippen molar-refractivity contribution < 1.29 is 18.0 Å². The van der Waals surface area contributed by atoms with Crippen LogP contribution in [0.2, 0.25) is 0 Å². The second-order valence-electron chi connectivity index (χ2n) is 4.60. The number of carbonyl (C=O) groups is 1. The van der Waals surface area contributed by atoms with Crippen LogP contribution in [-0.2, 0) is 0 Å². The number of nitrogens with zero attached hydrogens (tertiary/aromatic N) is 1. The summed E-state index contributed by atoms with van der Waals surface area (Å²) in [6.45, 7) is 1.84. The Balaban J connectivity index is 2.24. The van der Waals surface area contributed by atoms with Gasteiger partial charge in [0.2, 0.25) is 0 Å². The predicted molar refractivity (Wildman–Crippen MR) is 67.2 cm³/mol. The standard InChI is InChI=1S/C12H11F3N2OS/c1-11(2,12(13,14)15)17-10(18)7-5-9-8(16-6-7)3-4-19-9/h3-6H,1-2H3,(H,17,18). The van der Waals surface area contributed by atoms with Crippen LogP contribution in [0.25, 0.3) is 10.2 Å². The molecule has 0 aliphatic heterocycles. The molecule has 0 aliphatic carbocycles.